The van der Waals surface area contributed by atoms with E-state index in [9.17, 15) is 0 Å². The number of nitriles is 1. The Morgan fingerprint density at radius 3 is 1.82 bits per heavy atom. The van der Waals surface area contributed by atoms with Gasteiger partial charge in [0, 0.05) is 6.08 Å². The van der Waals surface area contributed by atoms with Crippen molar-refractivity contribution in [1.82, 2.24) is 0 Å². The Kier molecular flexibility index (Phi) is 13.3. The molecule has 0 saturated heterocycles. The quantitative estimate of drug-likeness (QED) is 0.574. The van der Waals surface area contributed by atoms with Crippen molar-refractivity contribution < 1.29 is 9.90 Å². The molecule has 0 radical (unpaired) electrons. The third-order valence-corrected chi connectivity index (χ3v) is 1.29. The monoisotopic (exact) mass is 228 g/mol. The lowest BCUT2D eigenvalue weighted by Crippen LogP contribution is -2.17. The fourth-order valence-electron chi connectivity index (χ4n) is 0.589. The van der Waals surface area contributed by atoms with Gasteiger partial charge in [0.2, 0.25) is 0 Å². The first-order valence-corrected chi connectivity index (χ1v) is 4.63. The van der Waals surface area contributed by atoms with E-state index in [4.69, 9.17) is 15.2 Å². The zero-order chi connectivity index (χ0) is 13.5. The molecule has 0 saturated carbocycles. The molecule has 0 unspecified atom stereocenters. The minimum absolute atomic E-state index is 0.722. The summed E-state index contributed by atoms with van der Waals surface area (Å²) in [6, 6.07) is 11.7. The SMILES string of the molecule is C=CC#N.C=CC(=O)[O-].C=Cc1ccccc1. The predicted octanol–water partition coefficient (Wildman–Crippen LogP) is 1.95. The highest BCUT2D eigenvalue weighted by Crippen LogP contribution is 1.97. The Labute approximate surface area is 102 Å². The number of rotatable bonds is 2. The summed E-state index contributed by atoms with van der Waals surface area (Å²) in [6.07, 6.45) is 3.74. The van der Waals surface area contributed by atoms with Gasteiger partial charge in [-0.2, -0.15) is 5.26 Å². The number of hydrogen-bond donors (Lipinski definition) is 0. The first kappa shape index (κ1) is 16.8. The summed E-state index contributed by atoms with van der Waals surface area (Å²) < 4.78 is 0. The van der Waals surface area contributed by atoms with Crippen molar-refractivity contribution in [2.24, 2.45) is 0 Å². The van der Waals surface area contributed by atoms with E-state index in [1.807, 2.05) is 36.4 Å². The lowest BCUT2D eigenvalue weighted by atomic mass is 10.2. The lowest BCUT2D eigenvalue weighted by Gasteiger charge is -1.85. The van der Waals surface area contributed by atoms with Crippen molar-refractivity contribution in [3.63, 3.8) is 0 Å². The predicted molar refractivity (Wildman–Crippen MR) is 67.5 cm³/mol. The Morgan fingerprint density at radius 2 is 1.65 bits per heavy atom. The molecule has 0 amide bonds. The minimum atomic E-state index is -1.23. The summed E-state index contributed by atoms with van der Waals surface area (Å²) in [5.74, 6) is -1.23. The highest BCUT2D eigenvalue weighted by Gasteiger charge is 1.75. The molecule has 17 heavy (non-hydrogen) atoms. The van der Waals surface area contributed by atoms with Crippen LogP contribution in [0.2, 0.25) is 0 Å². The van der Waals surface area contributed by atoms with Crippen LogP contribution >= 0.6 is 0 Å². The number of benzene rings is 1. The molecule has 0 N–H and O–H groups in total. The zero-order valence-electron chi connectivity index (χ0n) is 9.50. The van der Waals surface area contributed by atoms with E-state index in [1.54, 1.807) is 6.07 Å². The van der Waals surface area contributed by atoms with Crippen LogP contribution in [0.5, 0.6) is 0 Å². The molecule has 0 bridgehead atoms. The van der Waals surface area contributed by atoms with Gasteiger partial charge in [-0.25, -0.2) is 0 Å². The Hall–Kier alpha value is -2.60. The first-order chi connectivity index (χ1) is 8.12. The van der Waals surface area contributed by atoms with Crippen molar-refractivity contribution in [2.45, 2.75) is 0 Å². The van der Waals surface area contributed by atoms with E-state index in [1.165, 1.54) is 11.6 Å². The van der Waals surface area contributed by atoms with Crippen LogP contribution in [0.25, 0.3) is 6.08 Å². The van der Waals surface area contributed by atoms with Gasteiger partial charge >= 0.3 is 0 Å². The second-order valence-electron chi connectivity index (χ2n) is 2.47. The van der Waals surface area contributed by atoms with Crippen LogP contribution in [0, 0.1) is 11.3 Å². The first-order valence-electron chi connectivity index (χ1n) is 4.63. The Morgan fingerprint density at radius 1 is 1.24 bits per heavy atom. The second-order valence-corrected chi connectivity index (χ2v) is 2.47. The van der Waals surface area contributed by atoms with Crippen LogP contribution in [-0.2, 0) is 4.79 Å². The highest BCUT2D eigenvalue weighted by atomic mass is 16.4. The Balaban J connectivity index is 0. The third-order valence-electron chi connectivity index (χ3n) is 1.29. The molecule has 0 aromatic heterocycles. The lowest BCUT2D eigenvalue weighted by molar-refractivity contribution is -0.297. The van der Waals surface area contributed by atoms with E-state index < -0.39 is 5.97 Å². The van der Waals surface area contributed by atoms with Gasteiger partial charge < -0.3 is 9.90 Å². The summed E-state index contributed by atoms with van der Waals surface area (Å²) in [6.45, 7) is 9.65. The van der Waals surface area contributed by atoms with Gasteiger partial charge in [0.05, 0.1) is 12.0 Å². The van der Waals surface area contributed by atoms with Crippen LogP contribution < -0.4 is 5.11 Å². The van der Waals surface area contributed by atoms with E-state index in [-0.39, 0.29) is 0 Å². The molecule has 0 heterocycles. The molecule has 3 nitrogen and oxygen atoms in total. The number of carboxylic acids is 1. The number of aliphatic carboxylic acids is 1. The van der Waals surface area contributed by atoms with Crippen molar-refractivity contribution in [2.75, 3.05) is 0 Å². The van der Waals surface area contributed by atoms with Crippen LogP contribution in [0.1, 0.15) is 5.56 Å². The number of carbonyl (C=O) groups is 1. The average molecular weight is 228 g/mol. The number of allylic oxidation sites excluding steroid dienone is 1. The second kappa shape index (κ2) is 13.4. The molecule has 3 heteroatoms. The van der Waals surface area contributed by atoms with Gasteiger partial charge in [0.1, 0.15) is 0 Å². The molecule has 0 aliphatic carbocycles. The number of carboxylic acid groups (broad SMARTS) is 1. The smallest absolute Gasteiger partial charge is 0.0905 e. The molecule has 88 valence electrons. The molecule has 0 atom stereocenters. The summed E-state index contributed by atoms with van der Waals surface area (Å²) in [5, 5.41) is 16.6. The zero-order valence-corrected chi connectivity index (χ0v) is 9.50. The van der Waals surface area contributed by atoms with Gasteiger partial charge in [-0.3, -0.25) is 0 Å². The summed E-state index contributed by atoms with van der Waals surface area (Å²) in [5.41, 5.74) is 1.17. The largest absolute Gasteiger partial charge is 0.545 e. The van der Waals surface area contributed by atoms with E-state index >= 15 is 0 Å². The van der Waals surface area contributed by atoms with Gasteiger partial charge in [0.15, 0.2) is 0 Å². The number of nitrogens with zero attached hydrogens (tertiary/aromatic N) is 1. The maximum atomic E-state index is 9.14. The third kappa shape index (κ3) is 16.1. The normalized spacial score (nSPS) is 6.76. The van der Waals surface area contributed by atoms with Gasteiger partial charge in [-0.15, -0.1) is 0 Å². The van der Waals surface area contributed by atoms with Crippen LogP contribution in [0.15, 0.2) is 62.2 Å². The molecular weight excluding hydrogens is 214 g/mol. The fraction of sp³-hybridized carbons (Fsp3) is 0. The average Bonchev–Trinajstić information content (AvgIpc) is 2.40. The highest BCUT2D eigenvalue weighted by molar-refractivity contribution is 5.76. The van der Waals surface area contributed by atoms with Gasteiger partial charge in [-0.1, -0.05) is 56.1 Å². The molecule has 0 fully saturated rings. The number of carbonyl (C=O) groups excluding carboxylic acids is 1. The van der Waals surface area contributed by atoms with E-state index in [2.05, 4.69) is 19.7 Å². The van der Waals surface area contributed by atoms with Crippen LogP contribution in [0.3, 0.4) is 0 Å². The van der Waals surface area contributed by atoms with Crippen molar-refractivity contribution in [3.05, 3.63) is 67.8 Å². The Bertz CT molecular complexity index is 388. The maximum Gasteiger partial charge on any atom is 0.0905 e. The molecular formula is C14H14NO2-. The molecule has 1 rings (SSSR count). The van der Waals surface area contributed by atoms with Crippen LogP contribution in [-0.4, -0.2) is 5.97 Å². The van der Waals surface area contributed by atoms with Crippen molar-refractivity contribution in [1.29, 1.82) is 5.26 Å². The number of hydrogen-bond acceptors (Lipinski definition) is 3. The molecule has 1 aromatic rings. The molecule has 0 aliphatic rings. The van der Waals surface area contributed by atoms with Gasteiger partial charge in [-0.05, 0) is 11.6 Å². The van der Waals surface area contributed by atoms with E-state index in [0.717, 1.165) is 6.08 Å². The van der Waals surface area contributed by atoms with Crippen molar-refractivity contribution in [3.8, 4) is 6.07 Å². The minimum Gasteiger partial charge on any atom is -0.545 e. The fourth-order valence-corrected chi connectivity index (χ4v) is 0.589. The van der Waals surface area contributed by atoms with Gasteiger partial charge in [0.25, 0.3) is 0 Å². The molecule has 0 aliphatic heterocycles. The maximum absolute atomic E-state index is 9.14. The summed E-state index contributed by atoms with van der Waals surface area (Å²) >= 11 is 0. The molecule has 0 spiro atoms. The topological polar surface area (TPSA) is 63.9 Å². The van der Waals surface area contributed by atoms with Crippen LogP contribution in [0.4, 0.5) is 0 Å². The summed E-state index contributed by atoms with van der Waals surface area (Å²) in [7, 11) is 0. The molecule has 1 aromatic carbocycles. The van der Waals surface area contributed by atoms with Crippen molar-refractivity contribution >= 4 is 12.0 Å². The summed E-state index contributed by atoms with van der Waals surface area (Å²) in [4.78, 5) is 9.14. The van der Waals surface area contributed by atoms with E-state index in [0.29, 0.717) is 0 Å². The standard InChI is InChI=1S/C8H8.C3H3N.C3H4O2/c1-2-8-6-4-3-5-7-8;1-2-3-4;1-2-3(4)5/h2-7H,1H2;2H,1H2;2H,1H2,(H,4,5)/p-1.